The Labute approximate surface area is 639 Å². The molecule has 30 nitrogen and oxygen atoms in total. The lowest BCUT2D eigenvalue weighted by Gasteiger charge is -2.33. The van der Waals surface area contributed by atoms with Crippen LogP contribution < -0.4 is 18.9 Å². The zero-order valence-electron chi connectivity index (χ0n) is 63.2. The molecule has 9 aromatic carbocycles. The lowest BCUT2D eigenvalue weighted by atomic mass is 9.80. The van der Waals surface area contributed by atoms with Gasteiger partial charge in [-0.15, -0.1) is 0 Å². The van der Waals surface area contributed by atoms with Crippen LogP contribution in [0.2, 0.25) is 0 Å². The highest BCUT2D eigenvalue weighted by atomic mass is 28.4. The van der Waals surface area contributed by atoms with Gasteiger partial charge in [-0.3, -0.25) is 38.6 Å². The average molecular weight is 1590 g/mol. The summed E-state index contributed by atoms with van der Waals surface area (Å²) in [5.41, 5.74) is -0.239. The minimum atomic E-state index is -3.25. The van der Waals surface area contributed by atoms with Gasteiger partial charge in [-0.1, -0.05) is 72.8 Å². The summed E-state index contributed by atoms with van der Waals surface area (Å²) in [7, 11) is 4.29. The van der Waals surface area contributed by atoms with Gasteiger partial charge in [-0.05, 0) is 72.8 Å². The van der Waals surface area contributed by atoms with Crippen LogP contribution in [0, 0.1) is 0 Å². The lowest BCUT2D eigenvalue weighted by Crippen LogP contribution is -2.51. The first-order chi connectivity index (χ1) is 53.3. The Morgan fingerprint density at radius 3 is 0.682 bits per heavy atom. The summed E-state index contributed by atoms with van der Waals surface area (Å²) in [6.07, 6.45) is -0.297. The third-order valence-electron chi connectivity index (χ3n) is 19.1. The summed E-state index contributed by atoms with van der Waals surface area (Å²) >= 11 is 0. The maximum atomic E-state index is 16.0. The number of carbonyl (C=O) groups is 6. The molecule has 2 aliphatic rings. The quantitative estimate of drug-likeness (QED) is 0.0113. The van der Waals surface area contributed by atoms with Crippen molar-refractivity contribution in [3.63, 3.8) is 0 Å². The number of amides is 6. The van der Waals surface area contributed by atoms with Crippen molar-refractivity contribution in [1.82, 2.24) is 19.6 Å². The molecule has 34 heteroatoms. The molecule has 2 aliphatic heterocycles. The van der Waals surface area contributed by atoms with Crippen molar-refractivity contribution < 1.29 is 120 Å². The fourth-order valence-corrected chi connectivity index (χ4v) is 18.1. The van der Waals surface area contributed by atoms with Gasteiger partial charge in [0.05, 0.1) is 48.7 Å². The monoisotopic (exact) mass is 1580 g/mol. The van der Waals surface area contributed by atoms with Gasteiger partial charge in [0.25, 0.3) is 23.6 Å². The maximum absolute atomic E-state index is 16.0. The van der Waals surface area contributed by atoms with Gasteiger partial charge in [0.2, 0.25) is 11.8 Å². The van der Waals surface area contributed by atoms with Crippen LogP contribution in [0.25, 0.3) is 43.1 Å². The molecule has 2 heterocycles. The van der Waals surface area contributed by atoms with Gasteiger partial charge in [-0.2, -0.15) is 0 Å². The number of imide groups is 2. The molecule has 0 fully saturated rings. The van der Waals surface area contributed by atoms with Crippen molar-refractivity contribution in [1.29, 1.82) is 0 Å². The molecule has 0 aromatic heterocycles. The number of fused-ring (bicyclic) bond motifs is 2. The second-order valence-electron chi connectivity index (χ2n) is 24.9. The van der Waals surface area contributed by atoms with Crippen LogP contribution in [-0.4, -0.2) is 266 Å². The highest BCUT2D eigenvalue weighted by Crippen LogP contribution is 2.58. The smallest absolute Gasteiger partial charge is 0.457 e. The number of rotatable bonds is 44. The highest BCUT2D eigenvalue weighted by molar-refractivity contribution is 6.61. The first-order valence-corrected chi connectivity index (χ1v) is 42.6. The number of benzene rings is 9. The molecular formula is C76H88N4O26Si4. The van der Waals surface area contributed by atoms with Crippen molar-refractivity contribution in [3.05, 3.63) is 168 Å². The average Bonchev–Trinajstić information content (AvgIpc) is 0.672. The Morgan fingerprint density at radius 2 is 0.491 bits per heavy atom. The van der Waals surface area contributed by atoms with Gasteiger partial charge in [0, 0.05) is 155 Å². The second kappa shape index (κ2) is 36.8. The van der Waals surface area contributed by atoms with E-state index in [-0.39, 0.29) is 166 Å². The Bertz CT molecular complexity index is 4120. The van der Waals surface area contributed by atoms with Crippen LogP contribution in [0.15, 0.2) is 146 Å². The van der Waals surface area contributed by atoms with E-state index in [1.54, 1.807) is 121 Å². The molecule has 11 rings (SSSR count). The molecule has 0 spiro atoms. The Kier molecular flexibility index (Phi) is 27.4. The number of para-hydroxylation sites is 4. The van der Waals surface area contributed by atoms with Crippen LogP contribution in [0.1, 0.15) is 41.4 Å². The predicted molar refractivity (Wildman–Crippen MR) is 408 cm³/mol. The zero-order chi connectivity index (χ0) is 78.3. The molecule has 584 valence electrons. The van der Waals surface area contributed by atoms with Crippen molar-refractivity contribution in [3.8, 4) is 46.0 Å². The summed E-state index contributed by atoms with van der Waals surface area (Å²) in [4.78, 5) is 99.0. The summed E-state index contributed by atoms with van der Waals surface area (Å²) in [5, 5.41) is 1.64. The number of hydrogen-bond acceptors (Lipinski definition) is 26. The van der Waals surface area contributed by atoms with E-state index in [4.69, 9.17) is 91.0 Å². The van der Waals surface area contributed by atoms with E-state index in [0.29, 0.717) is 23.0 Å². The first-order valence-electron chi connectivity index (χ1n) is 34.8. The number of nitrogens with zero attached hydrogens (tertiary/aromatic N) is 4. The van der Waals surface area contributed by atoms with Crippen LogP contribution in [0.5, 0.6) is 46.0 Å². The zero-order valence-corrected chi connectivity index (χ0v) is 67.2. The van der Waals surface area contributed by atoms with E-state index in [9.17, 15) is 0 Å². The Balaban J connectivity index is 1.11. The van der Waals surface area contributed by atoms with Gasteiger partial charge < -0.3 is 101 Å². The topological polar surface area (TPSA) is 300 Å². The van der Waals surface area contributed by atoms with Crippen LogP contribution in [-0.2, 0) is 81.6 Å². The van der Waals surface area contributed by atoms with E-state index in [1.165, 1.54) is 119 Å². The second-order valence-corrected chi connectivity index (χ2v) is 36.4. The standard InChI is InChI=1S/C76H88N4O26Si4/c1-87-107(88-2,89-3)47-99-37-33-77(34-38-100-48-108(90-4,91-5)92-6)63(81)45-79-73(83)55-41-59(103-51-25-17-13-18-26-51)67-69-61(105-53-29-21-15-22-30-53)43-57-66-58(76(86)80(75(57)85)46-64(82)78(35-39-101-49-109(93-7,94-8)95-9)36-40-102-50-110(96-10,97-11)98-12)44-62(106-54-31-23-16-24-32-54)70(72(66)69)68-60(104-52-27-19-14-20-28-52)42-56(74(79)84)65(55)71(67)68/h13-32,41-44H,33-40,45-50H2,1-12H3. The Hall–Kier alpha value is -9.07. The molecule has 0 bridgehead atoms. The number of carbonyl (C=O) groups excluding carboxylic acids is 6. The van der Waals surface area contributed by atoms with Crippen molar-refractivity contribution >= 4 is 114 Å². The molecule has 110 heavy (non-hydrogen) atoms. The molecule has 0 unspecified atom stereocenters. The third-order valence-corrected chi connectivity index (χ3v) is 28.8. The number of ether oxygens (including phenoxy) is 8. The first kappa shape index (κ1) is 81.9. The Morgan fingerprint density at radius 1 is 0.291 bits per heavy atom. The van der Waals surface area contributed by atoms with Crippen LogP contribution in [0.3, 0.4) is 0 Å². The van der Waals surface area contributed by atoms with Crippen molar-refractivity contribution in [2.24, 2.45) is 0 Å². The van der Waals surface area contributed by atoms with Gasteiger partial charge >= 0.3 is 35.2 Å². The van der Waals surface area contributed by atoms with Gasteiger partial charge in [-0.25, -0.2) is 0 Å². The maximum Gasteiger partial charge on any atom is 0.527 e. The summed E-state index contributed by atoms with van der Waals surface area (Å²) in [6, 6.07) is 41.0. The summed E-state index contributed by atoms with van der Waals surface area (Å²) in [5.74, 6) is -3.49. The molecule has 0 atom stereocenters. The highest BCUT2D eigenvalue weighted by Gasteiger charge is 2.46. The lowest BCUT2D eigenvalue weighted by molar-refractivity contribution is -0.133. The largest absolute Gasteiger partial charge is 0.527 e. The molecular weight excluding hydrogens is 1500 g/mol. The third kappa shape index (κ3) is 17.2. The van der Waals surface area contributed by atoms with Crippen LogP contribution in [0.4, 0.5) is 0 Å². The SMILES string of the molecule is CO[Si](COCCN(CCOC[Si](OC)(OC)OC)C(=O)CN1C(=O)c2cc(Oc3ccccc3)c3c4c(Oc5ccccc5)cc5c6c(cc(Oc7ccccc7)c(c7c(Oc8ccccc8)cc(c2c37)C1=O)c64)C(=O)N(CC(=O)N(CCOC[Si](OC)(OC)OC)CCOC[Si](OC)(OC)OC)C5=O)(OC)OC. The minimum Gasteiger partial charge on any atom is -0.457 e. The molecule has 0 N–H and O–H groups in total. The normalized spacial score (nSPS) is 13.4. The molecule has 0 saturated heterocycles. The van der Waals surface area contributed by atoms with E-state index in [0.717, 1.165) is 9.80 Å². The number of hydrogen-bond donors (Lipinski definition) is 0. The van der Waals surface area contributed by atoms with Crippen molar-refractivity contribution in [2.45, 2.75) is 0 Å². The molecule has 0 aliphatic carbocycles. The fourth-order valence-electron chi connectivity index (χ4n) is 13.1. The van der Waals surface area contributed by atoms with Crippen molar-refractivity contribution in [2.75, 3.05) is 176 Å². The van der Waals surface area contributed by atoms with Gasteiger partial charge in [0.1, 0.15) is 84.0 Å². The fraction of sp³-hybridized carbons (Fsp3) is 0.342. The molecule has 0 saturated carbocycles. The van der Waals surface area contributed by atoms with E-state index in [1.807, 2.05) is 0 Å². The summed E-state index contributed by atoms with van der Waals surface area (Å²) in [6.45, 7) is -2.09. The van der Waals surface area contributed by atoms with E-state index >= 15 is 28.8 Å². The summed E-state index contributed by atoms with van der Waals surface area (Å²) < 4.78 is 119. The van der Waals surface area contributed by atoms with Gasteiger partial charge in [0.15, 0.2) is 0 Å². The van der Waals surface area contributed by atoms with Crippen LogP contribution >= 0.6 is 0 Å². The van der Waals surface area contributed by atoms with E-state index < -0.39 is 83.8 Å². The van der Waals surface area contributed by atoms with E-state index in [2.05, 4.69) is 0 Å². The molecule has 6 amide bonds. The molecule has 0 radical (unpaired) electrons. The predicted octanol–water partition coefficient (Wildman–Crippen LogP) is 9.49. The minimum absolute atomic E-state index is 0.0289. The molecule has 9 aromatic rings.